The van der Waals surface area contributed by atoms with E-state index in [9.17, 15) is 31.9 Å². The fourth-order valence-electron chi connectivity index (χ4n) is 4.12. The molecule has 0 bridgehead atoms. The topological polar surface area (TPSA) is 96.9 Å². The summed E-state index contributed by atoms with van der Waals surface area (Å²) in [7, 11) is 1.49. The number of nitrogens with zero attached hydrogens (tertiary/aromatic N) is 2. The number of carbonyl (C=O) groups excluding carboxylic acids is 1. The summed E-state index contributed by atoms with van der Waals surface area (Å²) in [6, 6.07) is 18.0. The van der Waals surface area contributed by atoms with Gasteiger partial charge in [0, 0.05) is 13.6 Å². The number of aromatic nitrogens is 2. The Hall–Kier alpha value is -3.97. The lowest BCUT2D eigenvalue weighted by Crippen LogP contribution is -2.38. The third-order valence-electron chi connectivity index (χ3n) is 6.40. The van der Waals surface area contributed by atoms with Gasteiger partial charge in [0.1, 0.15) is 10.6 Å². The Kier molecular flexibility index (Phi) is 10.3. The summed E-state index contributed by atoms with van der Waals surface area (Å²) < 4.78 is 54.5. The molecule has 0 atom stereocenters. The molecule has 0 radical (unpaired) electrons. The van der Waals surface area contributed by atoms with E-state index in [0.29, 0.717) is 27.0 Å². The summed E-state index contributed by atoms with van der Waals surface area (Å²) in [5.74, 6) is -2.04. The number of nitrogens with one attached hydrogen (secondary N) is 2. The predicted octanol–water partition coefficient (Wildman–Crippen LogP) is 7.44. The molecule has 0 spiro atoms. The molecule has 0 aliphatic heterocycles. The van der Waals surface area contributed by atoms with Crippen molar-refractivity contribution in [2.45, 2.75) is 25.8 Å². The first-order valence-corrected chi connectivity index (χ1v) is 14.4. The molecule has 14 heteroatoms. The van der Waals surface area contributed by atoms with Crippen LogP contribution in [-0.4, -0.2) is 15.0 Å². The molecule has 2 heterocycles. The zero-order chi connectivity index (χ0) is 32.2. The number of aryl methyl sites for hydroxylation is 1. The molecule has 5 rings (SSSR count). The van der Waals surface area contributed by atoms with Crippen molar-refractivity contribution in [1.29, 1.82) is 0 Å². The van der Waals surface area contributed by atoms with Crippen molar-refractivity contribution >= 4 is 50.7 Å². The first kappa shape index (κ1) is 32.9. The van der Waals surface area contributed by atoms with Crippen molar-refractivity contribution < 1.29 is 22.4 Å². The van der Waals surface area contributed by atoms with Crippen LogP contribution < -0.4 is 16.6 Å². The largest absolute Gasteiger partial charge is 0.674 e. The molecule has 0 saturated carbocycles. The number of hydrogen-bond acceptors (Lipinski definition) is 4. The second-order valence-corrected chi connectivity index (χ2v) is 11.3. The van der Waals surface area contributed by atoms with Crippen LogP contribution in [0.25, 0.3) is 16.0 Å². The Balaban J connectivity index is 0.000000375. The van der Waals surface area contributed by atoms with Gasteiger partial charge in [0.2, 0.25) is 0 Å². The smallest absolute Gasteiger partial charge is 0.419 e. The first-order valence-electron chi connectivity index (χ1n) is 12.8. The standard InChI is InChI=1S/C23H17F4N3O3S.C7H6Cl2N/c1-29-21-15(20(32)30(22(29)33)12-13-5-3-2-4-6-13)10-18(34-21)19(31)28-11-14-7-8-17(24)16(9-14)23(25,26)27;8-6-2-1-5(4-10)3-7(6)9/h2-10H,11-12H2,1H3,(H,28,31);1-3,10H,4H2/q;-1. The van der Waals surface area contributed by atoms with Gasteiger partial charge < -0.3 is 11.1 Å². The van der Waals surface area contributed by atoms with Crippen molar-refractivity contribution in [3.05, 3.63) is 142 Å². The first-order chi connectivity index (χ1) is 20.8. The van der Waals surface area contributed by atoms with Crippen molar-refractivity contribution in [1.82, 2.24) is 14.5 Å². The van der Waals surface area contributed by atoms with E-state index in [-0.39, 0.29) is 35.5 Å². The highest BCUT2D eigenvalue weighted by Gasteiger charge is 2.34. The third kappa shape index (κ3) is 7.56. The lowest BCUT2D eigenvalue weighted by Gasteiger charge is -2.10. The average Bonchev–Trinajstić information content (AvgIpc) is 3.45. The van der Waals surface area contributed by atoms with Gasteiger partial charge in [-0.15, -0.1) is 17.9 Å². The molecule has 44 heavy (non-hydrogen) atoms. The monoisotopic (exact) mass is 665 g/mol. The maximum atomic E-state index is 13.5. The summed E-state index contributed by atoms with van der Waals surface area (Å²) in [6.07, 6.45) is -4.86. The van der Waals surface area contributed by atoms with Gasteiger partial charge in [-0.3, -0.25) is 18.7 Å². The van der Waals surface area contributed by atoms with Crippen molar-refractivity contribution in [2.75, 3.05) is 0 Å². The second-order valence-electron chi connectivity index (χ2n) is 9.47. The molecule has 2 N–H and O–H groups in total. The highest BCUT2D eigenvalue weighted by Crippen LogP contribution is 2.32. The molecule has 3 aromatic carbocycles. The van der Waals surface area contributed by atoms with Gasteiger partial charge in [0.05, 0.1) is 32.4 Å². The fraction of sp³-hybridized carbons (Fsp3) is 0.167. The maximum absolute atomic E-state index is 13.5. The van der Waals surface area contributed by atoms with Crippen LogP contribution in [0.5, 0.6) is 0 Å². The van der Waals surface area contributed by atoms with Crippen LogP contribution in [0, 0.1) is 5.82 Å². The molecule has 1 amide bonds. The van der Waals surface area contributed by atoms with Gasteiger partial charge in [0.25, 0.3) is 11.5 Å². The van der Waals surface area contributed by atoms with E-state index in [1.54, 1.807) is 42.5 Å². The fourth-order valence-corrected chi connectivity index (χ4v) is 5.46. The van der Waals surface area contributed by atoms with E-state index in [2.05, 4.69) is 5.32 Å². The number of amides is 1. The predicted molar refractivity (Wildman–Crippen MR) is 164 cm³/mol. The lowest BCUT2D eigenvalue weighted by atomic mass is 10.1. The Morgan fingerprint density at radius 1 is 0.932 bits per heavy atom. The van der Waals surface area contributed by atoms with E-state index in [0.717, 1.165) is 33.1 Å². The molecule has 0 aliphatic carbocycles. The molecular weight excluding hydrogens is 643 g/mol. The van der Waals surface area contributed by atoms with Crippen LogP contribution in [-0.2, 0) is 32.9 Å². The SMILES string of the molecule is Cn1c(=O)n(Cc2ccccc2)c(=O)c2cc(C(=O)NCc3ccc(F)c(C(F)(F)F)c3)sc21.[NH-]Cc1ccc(Cl)c(Cl)c1. The van der Waals surface area contributed by atoms with Gasteiger partial charge in [0.15, 0.2) is 0 Å². The van der Waals surface area contributed by atoms with Crippen LogP contribution >= 0.6 is 34.5 Å². The molecular formula is C30H23Cl2F4N4O3S-. The second kappa shape index (κ2) is 13.8. The average molecular weight is 667 g/mol. The molecule has 0 unspecified atom stereocenters. The number of hydrogen-bond donors (Lipinski definition) is 1. The highest BCUT2D eigenvalue weighted by molar-refractivity contribution is 7.20. The van der Waals surface area contributed by atoms with Crippen LogP contribution in [0.4, 0.5) is 17.6 Å². The molecule has 5 aromatic rings. The van der Waals surface area contributed by atoms with Crippen LogP contribution in [0.3, 0.4) is 0 Å². The minimum absolute atomic E-state index is 0.0563. The third-order valence-corrected chi connectivity index (χ3v) is 8.34. The molecule has 7 nitrogen and oxygen atoms in total. The Bertz CT molecular complexity index is 1940. The highest BCUT2D eigenvalue weighted by atomic mass is 35.5. The van der Waals surface area contributed by atoms with Gasteiger partial charge in [-0.05, 0) is 41.5 Å². The van der Waals surface area contributed by atoms with Crippen LogP contribution in [0.1, 0.15) is 31.9 Å². The number of benzene rings is 3. The van der Waals surface area contributed by atoms with E-state index < -0.39 is 34.7 Å². The molecule has 0 fully saturated rings. The van der Waals surface area contributed by atoms with Gasteiger partial charge in [-0.2, -0.15) is 13.2 Å². The summed E-state index contributed by atoms with van der Waals surface area (Å²) in [5, 5.41) is 3.70. The van der Waals surface area contributed by atoms with Crippen LogP contribution in [0.15, 0.2) is 82.4 Å². The molecule has 0 saturated heterocycles. The summed E-state index contributed by atoms with van der Waals surface area (Å²) in [5.41, 5.74) is 6.19. The Labute approximate surface area is 262 Å². The van der Waals surface area contributed by atoms with Gasteiger partial charge in [-0.1, -0.05) is 71.2 Å². The number of alkyl halides is 3. The Morgan fingerprint density at radius 2 is 1.61 bits per heavy atom. The zero-order valence-corrected chi connectivity index (χ0v) is 25.2. The van der Waals surface area contributed by atoms with Gasteiger partial charge >= 0.3 is 11.9 Å². The normalized spacial score (nSPS) is 11.3. The number of fused-ring (bicyclic) bond motifs is 1. The molecule has 2 aromatic heterocycles. The summed E-state index contributed by atoms with van der Waals surface area (Å²) in [6.45, 7) is 0.0241. The van der Waals surface area contributed by atoms with E-state index in [1.165, 1.54) is 17.7 Å². The lowest BCUT2D eigenvalue weighted by molar-refractivity contribution is -0.140. The van der Waals surface area contributed by atoms with E-state index in [4.69, 9.17) is 28.9 Å². The van der Waals surface area contributed by atoms with E-state index >= 15 is 0 Å². The molecule has 0 aliphatic rings. The maximum Gasteiger partial charge on any atom is 0.419 e. The van der Waals surface area contributed by atoms with Crippen molar-refractivity contribution in [3.63, 3.8) is 0 Å². The zero-order valence-electron chi connectivity index (χ0n) is 22.8. The number of thiophene rings is 1. The minimum atomic E-state index is -4.86. The number of rotatable bonds is 6. The minimum Gasteiger partial charge on any atom is -0.674 e. The Morgan fingerprint density at radius 3 is 2.25 bits per heavy atom. The van der Waals surface area contributed by atoms with Crippen molar-refractivity contribution in [3.8, 4) is 0 Å². The summed E-state index contributed by atoms with van der Waals surface area (Å²) >= 11 is 12.2. The summed E-state index contributed by atoms with van der Waals surface area (Å²) in [4.78, 5) is 38.7. The van der Waals surface area contributed by atoms with Crippen LogP contribution in [0.2, 0.25) is 10.0 Å². The van der Waals surface area contributed by atoms with Crippen molar-refractivity contribution in [2.24, 2.45) is 7.05 Å². The quantitative estimate of drug-likeness (QED) is 0.191. The number of carbonyl (C=O) groups is 1. The van der Waals surface area contributed by atoms with Gasteiger partial charge in [-0.25, -0.2) is 9.18 Å². The number of halogens is 6. The van der Waals surface area contributed by atoms with E-state index in [1.807, 2.05) is 6.07 Å². The molecule has 230 valence electrons.